The summed E-state index contributed by atoms with van der Waals surface area (Å²) >= 11 is 0. The average Bonchev–Trinajstić information content (AvgIpc) is 2.79. The summed E-state index contributed by atoms with van der Waals surface area (Å²) < 4.78 is 5.46. The number of carbonyl (C=O) groups excluding carboxylic acids is 2. The molecule has 0 fully saturated rings. The van der Waals surface area contributed by atoms with Crippen LogP contribution in [0.2, 0.25) is 0 Å². The second kappa shape index (κ2) is 11.4. The standard InChI is InChI=1S/C24H24N2O4/c27-23(18-29-21-14-8-3-9-15-21)25-22(16-19-10-4-1-5-11-19)24(28)26-30-17-20-12-6-2-7-13-20/h1-15,22H,16-18H2,(H,25,27)(H,26,28). The summed E-state index contributed by atoms with van der Waals surface area (Å²) in [6, 6.07) is 27.2. The van der Waals surface area contributed by atoms with Gasteiger partial charge in [-0.1, -0.05) is 78.9 Å². The van der Waals surface area contributed by atoms with Gasteiger partial charge in [0.25, 0.3) is 11.8 Å². The maximum atomic E-state index is 12.7. The van der Waals surface area contributed by atoms with Gasteiger partial charge >= 0.3 is 0 Å². The van der Waals surface area contributed by atoms with E-state index < -0.39 is 17.9 Å². The summed E-state index contributed by atoms with van der Waals surface area (Å²) in [5, 5.41) is 2.73. The molecule has 0 aromatic heterocycles. The minimum atomic E-state index is -0.796. The quantitative estimate of drug-likeness (QED) is 0.509. The molecule has 6 heteroatoms. The highest BCUT2D eigenvalue weighted by Gasteiger charge is 2.22. The molecule has 0 aliphatic carbocycles. The third-order valence-electron chi connectivity index (χ3n) is 4.30. The summed E-state index contributed by atoms with van der Waals surface area (Å²) in [5.74, 6) is -0.233. The van der Waals surface area contributed by atoms with Gasteiger partial charge in [-0.05, 0) is 23.3 Å². The number of hydrogen-bond donors (Lipinski definition) is 2. The lowest BCUT2D eigenvalue weighted by Crippen LogP contribution is -2.49. The fourth-order valence-corrected chi connectivity index (χ4v) is 2.80. The number of hydrogen-bond acceptors (Lipinski definition) is 4. The highest BCUT2D eigenvalue weighted by Crippen LogP contribution is 2.08. The lowest BCUT2D eigenvalue weighted by molar-refractivity contribution is -0.139. The van der Waals surface area contributed by atoms with Gasteiger partial charge in [-0.15, -0.1) is 0 Å². The third kappa shape index (κ3) is 7.07. The second-order valence-corrected chi connectivity index (χ2v) is 6.65. The molecule has 6 nitrogen and oxygen atoms in total. The first-order valence-corrected chi connectivity index (χ1v) is 9.67. The van der Waals surface area contributed by atoms with Crippen LogP contribution in [0.3, 0.4) is 0 Å². The van der Waals surface area contributed by atoms with E-state index in [4.69, 9.17) is 9.57 Å². The molecule has 0 spiro atoms. The zero-order valence-corrected chi connectivity index (χ0v) is 16.5. The number of ether oxygens (including phenoxy) is 1. The molecule has 3 aromatic carbocycles. The van der Waals surface area contributed by atoms with Crippen LogP contribution in [-0.4, -0.2) is 24.5 Å². The van der Waals surface area contributed by atoms with E-state index in [-0.39, 0.29) is 13.2 Å². The van der Waals surface area contributed by atoms with Crippen molar-refractivity contribution in [2.24, 2.45) is 0 Å². The molecule has 30 heavy (non-hydrogen) atoms. The summed E-state index contributed by atoms with van der Waals surface area (Å²) in [6.07, 6.45) is 0.332. The first kappa shape index (κ1) is 21.1. The van der Waals surface area contributed by atoms with Gasteiger partial charge in [0.2, 0.25) is 0 Å². The van der Waals surface area contributed by atoms with E-state index in [2.05, 4.69) is 10.8 Å². The second-order valence-electron chi connectivity index (χ2n) is 6.65. The van der Waals surface area contributed by atoms with Gasteiger partial charge in [-0.2, -0.15) is 0 Å². The zero-order valence-electron chi connectivity index (χ0n) is 16.5. The zero-order chi connectivity index (χ0) is 21.0. The Kier molecular flexibility index (Phi) is 8.00. The van der Waals surface area contributed by atoms with Crippen LogP contribution in [0.4, 0.5) is 0 Å². The maximum absolute atomic E-state index is 12.7. The Balaban J connectivity index is 1.56. The van der Waals surface area contributed by atoms with E-state index >= 15 is 0 Å². The Morgan fingerprint density at radius 2 is 1.33 bits per heavy atom. The largest absolute Gasteiger partial charge is 0.484 e. The first-order chi connectivity index (χ1) is 14.7. The van der Waals surface area contributed by atoms with E-state index in [9.17, 15) is 9.59 Å². The molecule has 3 aromatic rings. The maximum Gasteiger partial charge on any atom is 0.266 e. The van der Waals surface area contributed by atoms with Crippen molar-refractivity contribution in [3.8, 4) is 5.75 Å². The van der Waals surface area contributed by atoms with Gasteiger partial charge in [-0.3, -0.25) is 14.4 Å². The molecule has 2 N–H and O–H groups in total. The van der Waals surface area contributed by atoms with Crippen LogP contribution in [0, 0.1) is 0 Å². The van der Waals surface area contributed by atoms with E-state index in [1.54, 1.807) is 12.1 Å². The molecule has 1 unspecified atom stereocenters. The van der Waals surface area contributed by atoms with Crippen LogP contribution in [0.15, 0.2) is 91.0 Å². The number of para-hydroxylation sites is 1. The van der Waals surface area contributed by atoms with Crippen molar-refractivity contribution in [1.29, 1.82) is 0 Å². The van der Waals surface area contributed by atoms with Crippen LogP contribution in [0.1, 0.15) is 11.1 Å². The van der Waals surface area contributed by atoms with E-state index in [1.807, 2.05) is 78.9 Å². The molecule has 0 aliphatic heterocycles. The van der Waals surface area contributed by atoms with Crippen molar-refractivity contribution in [3.05, 3.63) is 102 Å². The molecule has 2 amide bonds. The number of hydroxylamine groups is 1. The Morgan fingerprint density at radius 1 is 0.767 bits per heavy atom. The lowest BCUT2D eigenvalue weighted by atomic mass is 10.1. The number of rotatable bonds is 10. The van der Waals surface area contributed by atoms with Gasteiger partial charge in [0.05, 0.1) is 6.61 Å². The molecule has 0 saturated carbocycles. The van der Waals surface area contributed by atoms with Gasteiger partial charge in [0.1, 0.15) is 11.8 Å². The average molecular weight is 404 g/mol. The fraction of sp³-hybridized carbons (Fsp3) is 0.167. The predicted octanol–water partition coefficient (Wildman–Crippen LogP) is 3.04. The van der Waals surface area contributed by atoms with Crippen LogP contribution in [0.5, 0.6) is 5.75 Å². The van der Waals surface area contributed by atoms with Gasteiger partial charge in [-0.25, -0.2) is 5.48 Å². The Bertz CT molecular complexity index is 918. The molecule has 0 saturated heterocycles. The molecular weight excluding hydrogens is 380 g/mol. The smallest absolute Gasteiger partial charge is 0.266 e. The van der Waals surface area contributed by atoms with Crippen molar-refractivity contribution >= 4 is 11.8 Å². The van der Waals surface area contributed by atoms with Crippen LogP contribution < -0.4 is 15.5 Å². The number of benzene rings is 3. The van der Waals surface area contributed by atoms with Crippen molar-refractivity contribution in [2.45, 2.75) is 19.1 Å². The minimum absolute atomic E-state index is 0.187. The van der Waals surface area contributed by atoms with Crippen molar-refractivity contribution < 1.29 is 19.2 Å². The Morgan fingerprint density at radius 3 is 1.97 bits per heavy atom. The van der Waals surface area contributed by atoms with E-state index in [0.717, 1.165) is 11.1 Å². The van der Waals surface area contributed by atoms with E-state index in [1.165, 1.54) is 0 Å². The molecule has 3 rings (SSSR count). The molecule has 0 radical (unpaired) electrons. The topological polar surface area (TPSA) is 76.7 Å². The van der Waals surface area contributed by atoms with E-state index in [0.29, 0.717) is 12.2 Å². The summed E-state index contributed by atoms with van der Waals surface area (Å²) in [4.78, 5) is 30.3. The lowest BCUT2D eigenvalue weighted by Gasteiger charge is -2.18. The summed E-state index contributed by atoms with van der Waals surface area (Å²) in [5.41, 5.74) is 4.29. The van der Waals surface area contributed by atoms with Crippen LogP contribution in [-0.2, 0) is 27.5 Å². The Hall–Kier alpha value is -3.64. The minimum Gasteiger partial charge on any atom is -0.484 e. The normalized spacial score (nSPS) is 11.3. The molecular formula is C24H24N2O4. The third-order valence-corrected chi connectivity index (χ3v) is 4.30. The highest BCUT2D eigenvalue weighted by molar-refractivity contribution is 5.87. The number of amides is 2. The number of carbonyl (C=O) groups is 2. The van der Waals surface area contributed by atoms with Crippen molar-refractivity contribution in [1.82, 2.24) is 10.8 Å². The van der Waals surface area contributed by atoms with Crippen LogP contribution in [0.25, 0.3) is 0 Å². The monoisotopic (exact) mass is 404 g/mol. The summed E-state index contributed by atoms with van der Waals surface area (Å²) in [6.45, 7) is 0.0448. The van der Waals surface area contributed by atoms with Crippen LogP contribution >= 0.6 is 0 Å². The van der Waals surface area contributed by atoms with Crippen molar-refractivity contribution in [3.63, 3.8) is 0 Å². The predicted molar refractivity (Wildman–Crippen MR) is 113 cm³/mol. The van der Waals surface area contributed by atoms with Crippen molar-refractivity contribution in [2.75, 3.05) is 6.61 Å². The fourth-order valence-electron chi connectivity index (χ4n) is 2.80. The molecule has 154 valence electrons. The molecule has 1 atom stereocenters. The molecule has 0 heterocycles. The number of nitrogens with one attached hydrogen (secondary N) is 2. The Labute approximate surface area is 175 Å². The SMILES string of the molecule is O=C(COc1ccccc1)NC(Cc1ccccc1)C(=O)NOCc1ccccc1. The highest BCUT2D eigenvalue weighted by atomic mass is 16.6. The molecule has 0 bridgehead atoms. The van der Waals surface area contributed by atoms with Gasteiger partial charge < -0.3 is 10.1 Å². The van der Waals surface area contributed by atoms with Gasteiger partial charge in [0, 0.05) is 6.42 Å². The molecule has 0 aliphatic rings. The summed E-state index contributed by atoms with van der Waals surface area (Å²) in [7, 11) is 0. The van der Waals surface area contributed by atoms with Gasteiger partial charge in [0.15, 0.2) is 6.61 Å². The first-order valence-electron chi connectivity index (χ1n) is 9.67.